The number of amides is 1. The van der Waals surface area contributed by atoms with Gasteiger partial charge in [-0.05, 0) is 59.7 Å². The molecule has 5 aromatic rings. The topological polar surface area (TPSA) is 85.8 Å². The quantitative estimate of drug-likeness (QED) is 0.301. The molecule has 174 valence electrons. The molecular formula is C26H20FN5O2S. The van der Waals surface area contributed by atoms with Crippen molar-refractivity contribution in [2.45, 2.75) is 17.5 Å². The number of carbonyl (C=O) groups is 1. The molecule has 0 aliphatic rings. The highest BCUT2D eigenvalue weighted by molar-refractivity contribution is 7.98. The number of benzene rings is 2. The van der Waals surface area contributed by atoms with Gasteiger partial charge in [0.25, 0.3) is 5.91 Å². The fourth-order valence-corrected chi connectivity index (χ4v) is 4.37. The molecule has 0 fully saturated rings. The number of carbonyl (C=O) groups excluding carboxylic acids is 1. The number of pyridine rings is 1. The average Bonchev–Trinajstić information content (AvgIpc) is 3.57. The van der Waals surface area contributed by atoms with Crippen molar-refractivity contribution >= 4 is 17.7 Å². The molecule has 1 amide bonds. The van der Waals surface area contributed by atoms with Crippen LogP contribution < -0.4 is 5.32 Å². The highest BCUT2D eigenvalue weighted by Gasteiger charge is 2.20. The Kier molecular flexibility index (Phi) is 6.67. The van der Waals surface area contributed by atoms with Crippen LogP contribution in [-0.2, 0) is 12.3 Å². The van der Waals surface area contributed by atoms with Crippen LogP contribution in [0.25, 0.3) is 17.3 Å². The van der Waals surface area contributed by atoms with Crippen molar-refractivity contribution in [2.24, 2.45) is 0 Å². The molecule has 0 unspecified atom stereocenters. The molecule has 0 saturated heterocycles. The third-order valence-corrected chi connectivity index (χ3v) is 6.25. The highest BCUT2D eigenvalue weighted by atomic mass is 32.2. The van der Waals surface area contributed by atoms with Gasteiger partial charge in [0, 0.05) is 30.3 Å². The van der Waals surface area contributed by atoms with E-state index in [1.54, 1.807) is 59.4 Å². The molecule has 0 radical (unpaired) electrons. The van der Waals surface area contributed by atoms with Crippen LogP contribution >= 0.6 is 11.8 Å². The van der Waals surface area contributed by atoms with E-state index in [-0.39, 0.29) is 11.7 Å². The summed E-state index contributed by atoms with van der Waals surface area (Å²) in [6.07, 6.45) is 4.92. The Morgan fingerprint density at radius 3 is 2.49 bits per heavy atom. The van der Waals surface area contributed by atoms with Crippen LogP contribution in [0.5, 0.6) is 0 Å². The number of nitrogens with zero attached hydrogens (tertiary/aromatic N) is 4. The van der Waals surface area contributed by atoms with Gasteiger partial charge in [0.05, 0.1) is 12.0 Å². The number of aromatic nitrogens is 4. The number of furan rings is 1. The summed E-state index contributed by atoms with van der Waals surface area (Å²) >= 11 is 1.42. The normalized spacial score (nSPS) is 10.9. The molecule has 3 heterocycles. The molecule has 0 saturated carbocycles. The van der Waals surface area contributed by atoms with E-state index >= 15 is 0 Å². The molecule has 1 N–H and O–H groups in total. The summed E-state index contributed by atoms with van der Waals surface area (Å²) < 4.78 is 21.8. The van der Waals surface area contributed by atoms with Crippen molar-refractivity contribution in [3.8, 4) is 17.3 Å². The van der Waals surface area contributed by atoms with Crippen molar-refractivity contribution in [3.05, 3.63) is 114 Å². The fourth-order valence-electron chi connectivity index (χ4n) is 3.46. The van der Waals surface area contributed by atoms with E-state index in [2.05, 4.69) is 20.5 Å². The van der Waals surface area contributed by atoms with Crippen molar-refractivity contribution in [2.75, 3.05) is 0 Å². The largest absolute Gasteiger partial charge is 0.461 e. The van der Waals surface area contributed by atoms with Crippen LogP contribution in [0.3, 0.4) is 0 Å². The smallest absolute Gasteiger partial charge is 0.251 e. The maximum absolute atomic E-state index is 14.7. The van der Waals surface area contributed by atoms with E-state index in [0.29, 0.717) is 40.3 Å². The number of thioether (sulfide) groups is 1. The molecular weight excluding hydrogens is 465 g/mol. The zero-order valence-corrected chi connectivity index (χ0v) is 19.3. The van der Waals surface area contributed by atoms with Gasteiger partial charge in [-0.2, -0.15) is 0 Å². The predicted molar refractivity (Wildman–Crippen MR) is 130 cm³/mol. The fraction of sp³-hybridized carbons (Fsp3) is 0.0769. The molecule has 0 aliphatic carbocycles. The lowest BCUT2D eigenvalue weighted by Gasteiger charge is -2.10. The second-order valence-corrected chi connectivity index (χ2v) is 8.54. The summed E-state index contributed by atoms with van der Waals surface area (Å²) in [6, 6.07) is 21.1. The minimum atomic E-state index is -0.385. The third-order valence-electron chi connectivity index (χ3n) is 5.25. The van der Waals surface area contributed by atoms with Gasteiger partial charge in [-0.1, -0.05) is 36.0 Å². The second-order valence-electron chi connectivity index (χ2n) is 7.59. The first-order valence-electron chi connectivity index (χ1n) is 10.8. The lowest BCUT2D eigenvalue weighted by atomic mass is 10.1. The van der Waals surface area contributed by atoms with Crippen molar-refractivity contribution in [1.29, 1.82) is 0 Å². The van der Waals surface area contributed by atoms with Gasteiger partial charge in [-0.15, -0.1) is 10.2 Å². The van der Waals surface area contributed by atoms with Gasteiger partial charge in [0.1, 0.15) is 5.82 Å². The van der Waals surface area contributed by atoms with Crippen LogP contribution in [-0.4, -0.2) is 25.7 Å². The average molecular weight is 486 g/mol. The van der Waals surface area contributed by atoms with E-state index < -0.39 is 0 Å². The second kappa shape index (κ2) is 10.4. The standard InChI is InChI=1S/C26H20FN5O2S/c27-21-4-1-2-5-22(21)32-24(23-6-3-15-34-23)30-31-26(32)35-17-19-7-9-20(10-8-19)25(33)29-16-18-11-13-28-14-12-18/h1-15H,16-17H2,(H,29,33). The molecule has 7 nitrogen and oxygen atoms in total. The Balaban J connectivity index is 1.30. The first-order valence-corrected chi connectivity index (χ1v) is 11.8. The van der Waals surface area contributed by atoms with Crippen LogP contribution in [0.1, 0.15) is 21.5 Å². The summed E-state index contributed by atoms with van der Waals surface area (Å²) in [6.45, 7) is 0.433. The van der Waals surface area contributed by atoms with Crippen molar-refractivity contribution in [1.82, 2.24) is 25.1 Å². The summed E-state index contributed by atoms with van der Waals surface area (Å²) in [5, 5.41) is 12.0. The van der Waals surface area contributed by atoms with Gasteiger partial charge in [-0.25, -0.2) is 4.39 Å². The Hall–Kier alpha value is -4.24. The Morgan fingerprint density at radius 2 is 1.74 bits per heavy atom. The molecule has 0 atom stereocenters. The summed E-state index contributed by atoms with van der Waals surface area (Å²) in [5.41, 5.74) is 2.88. The summed E-state index contributed by atoms with van der Waals surface area (Å²) in [5.74, 6) is 0.940. The number of para-hydroxylation sites is 1. The molecule has 9 heteroatoms. The molecule has 35 heavy (non-hydrogen) atoms. The zero-order chi connectivity index (χ0) is 24.0. The van der Waals surface area contributed by atoms with E-state index in [0.717, 1.165) is 11.1 Å². The molecule has 5 rings (SSSR count). The van der Waals surface area contributed by atoms with E-state index in [1.165, 1.54) is 24.1 Å². The minimum Gasteiger partial charge on any atom is -0.461 e. The number of nitrogens with one attached hydrogen (secondary N) is 1. The maximum atomic E-state index is 14.7. The molecule has 0 aliphatic heterocycles. The maximum Gasteiger partial charge on any atom is 0.251 e. The highest BCUT2D eigenvalue weighted by Crippen LogP contribution is 2.31. The number of halogens is 1. The van der Waals surface area contributed by atoms with Crippen LogP contribution in [0.15, 0.2) is 101 Å². The lowest BCUT2D eigenvalue weighted by Crippen LogP contribution is -2.22. The van der Waals surface area contributed by atoms with E-state index in [1.807, 2.05) is 24.3 Å². The Morgan fingerprint density at radius 1 is 0.943 bits per heavy atom. The van der Waals surface area contributed by atoms with Crippen LogP contribution in [0.4, 0.5) is 4.39 Å². The van der Waals surface area contributed by atoms with Gasteiger partial charge >= 0.3 is 0 Å². The molecule has 2 aromatic carbocycles. The molecule has 3 aromatic heterocycles. The SMILES string of the molecule is O=C(NCc1ccncc1)c1ccc(CSc2nnc(-c3ccco3)n2-c2ccccc2F)cc1. The van der Waals surface area contributed by atoms with Gasteiger partial charge in [0.2, 0.25) is 5.82 Å². The van der Waals surface area contributed by atoms with Gasteiger partial charge in [0.15, 0.2) is 10.9 Å². The first-order chi connectivity index (χ1) is 17.2. The Labute approximate surface area is 205 Å². The molecule has 0 spiro atoms. The predicted octanol–water partition coefficient (Wildman–Crippen LogP) is 5.28. The summed E-state index contributed by atoms with van der Waals surface area (Å²) in [7, 11) is 0. The Bertz CT molecular complexity index is 1420. The van der Waals surface area contributed by atoms with E-state index in [4.69, 9.17) is 4.42 Å². The van der Waals surface area contributed by atoms with Gasteiger partial charge in [-0.3, -0.25) is 14.3 Å². The minimum absolute atomic E-state index is 0.150. The number of hydrogen-bond acceptors (Lipinski definition) is 6. The number of hydrogen-bond donors (Lipinski definition) is 1. The third kappa shape index (κ3) is 5.15. The van der Waals surface area contributed by atoms with Crippen LogP contribution in [0.2, 0.25) is 0 Å². The van der Waals surface area contributed by atoms with Crippen LogP contribution in [0, 0.1) is 5.82 Å². The zero-order valence-electron chi connectivity index (χ0n) is 18.5. The lowest BCUT2D eigenvalue weighted by molar-refractivity contribution is 0.0951. The van der Waals surface area contributed by atoms with E-state index in [9.17, 15) is 9.18 Å². The summed E-state index contributed by atoms with van der Waals surface area (Å²) in [4.78, 5) is 16.4. The van der Waals surface area contributed by atoms with Crippen molar-refractivity contribution in [3.63, 3.8) is 0 Å². The monoisotopic (exact) mass is 485 g/mol. The number of rotatable bonds is 8. The molecule has 0 bridgehead atoms. The van der Waals surface area contributed by atoms with Crippen molar-refractivity contribution < 1.29 is 13.6 Å². The first kappa shape index (κ1) is 22.5. The van der Waals surface area contributed by atoms with Gasteiger partial charge < -0.3 is 9.73 Å².